The summed E-state index contributed by atoms with van der Waals surface area (Å²) in [6.07, 6.45) is 6.54. The van der Waals surface area contributed by atoms with E-state index in [9.17, 15) is 4.79 Å². The first-order valence-corrected chi connectivity index (χ1v) is 9.33. The Labute approximate surface area is 162 Å². The zero-order valence-electron chi connectivity index (χ0n) is 15.7. The largest absolute Gasteiger partial charge is 0.322 e. The zero-order chi connectivity index (χ0) is 17.6. The van der Waals surface area contributed by atoms with E-state index in [1.54, 1.807) is 6.20 Å². The van der Waals surface area contributed by atoms with Crippen molar-refractivity contribution in [2.24, 2.45) is 0 Å². The number of para-hydroxylation sites is 1. The van der Waals surface area contributed by atoms with Gasteiger partial charge in [-0.05, 0) is 50.9 Å². The Bertz CT molecular complexity index is 722. The quantitative estimate of drug-likeness (QED) is 0.819. The molecule has 0 saturated carbocycles. The van der Waals surface area contributed by atoms with E-state index in [2.05, 4.69) is 28.3 Å². The molecule has 2 heterocycles. The Hall–Kier alpha value is -1.85. The third-order valence-corrected chi connectivity index (χ3v) is 4.89. The summed E-state index contributed by atoms with van der Waals surface area (Å²) in [5.74, 6) is -0.0778. The second-order valence-corrected chi connectivity index (χ2v) is 6.81. The average molecular weight is 377 g/mol. The monoisotopic (exact) mass is 376 g/mol. The van der Waals surface area contributed by atoms with Crippen molar-refractivity contribution in [1.82, 2.24) is 14.7 Å². The van der Waals surface area contributed by atoms with Crippen molar-refractivity contribution < 1.29 is 4.79 Å². The third kappa shape index (κ3) is 4.86. The highest BCUT2D eigenvalue weighted by molar-refractivity contribution is 6.05. The molecule has 1 aromatic carbocycles. The molecule has 1 aromatic heterocycles. The van der Waals surface area contributed by atoms with E-state index in [1.807, 2.05) is 29.8 Å². The van der Waals surface area contributed by atoms with Gasteiger partial charge in [-0.3, -0.25) is 14.4 Å². The van der Waals surface area contributed by atoms with Gasteiger partial charge in [0.1, 0.15) is 0 Å². The standard InChI is InChI=1S/C20H28N4O.ClH/c1-3-11-24-16(2)18(14-21-24)20(25)22-19-10-6-5-9-17(19)15-23-12-7-4-8-13-23;/h5-6,9-10,14H,3-4,7-8,11-13,15H2,1-2H3,(H,22,25);1H. The van der Waals surface area contributed by atoms with Crippen LogP contribution in [0.25, 0.3) is 0 Å². The number of likely N-dealkylation sites (tertiary alicyclic amines) is 1. The molecular weight excluding hydrogens is 348 g/mol. The van der Waals surface area contributed by atoms with Gasteiger partial charge in [-0.25, -0.2) is 0 Å². The first kappa shape index (κ1) is 20.5. The molecule has 0 bridgehead atoms. The van der Waals surface area contributed by atoms with Crippen molar-refractivity contribution in [2.45, 2.75) is 52.6 Å². The highest BCUT2D eigenvalue weighted by Crippen LogP contribution is 2.21. The Kier molecular flexibility index (Phi) is 7.66. The van der Waals surface area contributed by atoms with Gasteiger partial charge in [0, 0.05) is 24.5 Å². The Balaban J connectivity index is 0.00000243. The van der Waals surface area contributed by atoms with E-state index in [1.165, 1.54) is 24.8 Å². The Morgan fingerprint density at radius 2 is 1.92 bits per heavy atom. The van der Waals surface area contributed by atoms with Gasteiger partial charge in [0.25, 0.3) is 5.91 Å². The van der Waals surface area contributed by atoms with Crippen LogP contribution in [-0.4, -0.2) is 33.7 Å². The van der Waals surface area contributed by atoms with Gasteiger partial charge in [-0.15, -0.1) is 12.4 Å². The number of rotatable bonds is 6. The van der Waals surface area contributed by atoms with Crippen LogP contribution in [0, 0.1) is 6.92 Å². The van der Waals surface area contributed by atoms with Crippen LogP contribution >= 0.6 is 12.4 Å². The highest BCUT2D eigenvalue weighted by atomic mass is 35.5. The number of nitrogens with zero attached hydrogens (tertiary/aromatic N) is 3. The van der Waals surface area contributed by atoms with Crippen LogP contribution < -0.4 is 5.32 Å². The number of aromatic nitrogens is 2. The summed E-state index contributed by atoms with van der Waals surface area (Å²) in [7, 11) is 0. The van der Waals surface area contributed by atoms with Crippen LogP contribution in [0.3, 0.4) is 0 Å². The maximum absolute atomic E-state index is 12.7. The maximum Gasteiger partial charge on any atom is 0.259 e. The number of hydrogen-bond acceptors (Lipinski definition) is 3. The molecule has 0 unspecified atom stereocenters. The van der Waals surface area contributed by atoms with Crippen LogP contribution in [-0.2, 0) is 13.1 Å². The summed E-state index contributed by atoms with van der Waals surface area (Å²) in [5, 5.41) is 7.43. The van der Waals surface area contributed by atoms with Gasteiger partial charge in [-0.1, -0.05) is 31.5 Å². The molecule has 1 aliphatic rings. The number of hydrogen-bond donors (Lipinski definition) is 1. The molecule has 1 amide bonds. The van der Waals surface area contributed by atoms with Gasteiger partial charge in [0.05, 0.1) is 11.8 Å². The molecule has 0 aliphatic carbocycles. The Morgan fingerprint density at radius 1 is 1.19 bits per heavy atom. The molecule has 1 N–H and O–H groups in total. The lowest BCUT2D eigenvalue weighted by Crippen LogP contribution is -2.29. The average Bonchev–Trinajstić information content (AvgIpc) is 2.99. The van der Waals surface area contributed by atoms with E-state index >= 15 is 0 Å². The Morgan fingerprint density at radius 3 is 2.65 bits per heavy atom. The topological polar surface area (TPSA) is 50.2 Å². The van der Waals surface area contributed by atoms with Crippen molar-refractivity contribution >= 4 is 24.0 Å². The van der Waals surface area contributed by atoms with Crippen molar-refractivity contribution in [2.75, 3.05) is 18.4 Å². The summed E-state index contributed by atoms with van der Waals surface area (Å²) in [5.41, 5.74) is 3.66. The van der Waals surface area contributed by atoms with Crippen LogP contribution in [0.5, 0.6) is 0 Å². The van der Waals surface area contributed by atoms with Gasteiger partial charge < -0.3 is 5.32 Å². The van der Waals surface area contributed by atoms with E-state index in [4.69, 9.17) is 0 Å². The minimum Gasteiger partial charge on any atom is -0.322 e. The lowest BCUT2D eigenvalue weighted by molar-refractivity contribution is 0.102. The van der Waals surface area contributed by atoms with Gasteiger partial charge in [-0.2, -0.15) is 5.10 Å². The molecule has 1 fully saturated rings. The summed E-state index contributed by atoms with van der Waals surface area (Å²) < 4.78 is 1.90. The number of carbonyl (C=O) groups excluding carboxylic acids is 1. The second-order valence-electron chi connectivity index (χ2n) is 6.81. The molecular formula is C20H29ClN4O. The van der Waals surface area contributed by atoms with Crippen molar-refractivity contribution in [3.63, 3.8) is 0 Å². The number of anilines is 1. The van der Waals surface area contributed by atoms with Gasteiger partial charge in [0.2, 0.25) is 0 Å². The summed E-state index contributed by atoms with van der Waals surface area (Å²) in [6, 6.07) is 8.11. The smallest absolute Gasteiger partial charge is 0.259 e. The molecule has 6 heteroatoms. The molecule has 0 radical (unpaired) electrons. The predicted octanol–water partition coefficient (Wildman–Crippen LogP) is 4.26. The number of halogens is 1. The molecule has 5 nitrogen and oxygen atoms in total. The van der Waals surface area contributed by atoms with Crippen molar-refractivity contribution in [3.8, 4) is 0 Å². The van der Waals surface area contributed by atoms with Gasteiger partial charge >= 0.3 is 0 Å². The van der Waals surface area contributed by atoms with Crippen LogP contribution in [0.4, 0.5) is 5.69 Å². The third-order valence-electron chi connectivity index (χ3n) is 4.89. The summed E-state index contributed by atoms with van der Waals surface area (Å²) in [4.78, 5) is 15.2. The highest BCUT2D eigenvalue weighted by Gasteiger charge is 2.17. The molecule has 142 valence electrons. The molecule has 3 rings (SSSR count). The van der Waals surface area contributed by atoms with Crippen molar-refractivity contribution in [3.05, 3.63) is 47.3 Å². The lowest BCUT2D eigenvalue weighted by Gasteiger charge is -2.27. The van der Waals surface area contributed by atoms with Crippen LogP contribution in [0.2, 0.25) is 0 Å². The number of benzene rings is 1. The number of nitrogens with one attached hydrogen (secondary N) is 1. The second kappa shape index (κ2) is 9.74. The first-order chi connectivity index (χ1) is 12.2. The van der Waals surface area contributed by atoms with E-state index < -0.39 is 0 Å². The molecule has 26 heavy (non-hydrogen) atoms. The predicted molar refractivity (Wildman–Crippen MR) is 108 cm³/mol. The number of piperidine rings is 1. The van der Waals surface area contributed by atoms with Crippen LogP contribution in [0.1, 0.15) is 54.2 Å². The minimum atomic E-state index is -0.0778. The SMILES string of the molecule is CCCn1ncc(C(=O)Nc2ccccc2CN2CCCCC2)c1C.Cl. The number of aryl methyl sites for hydroxylation is 1. The fourth-order valence-electron chi connectivity index (χ4n) is 3.43. The normalized spacial score (nSPS) is 14.7. The molecule has 1 saturated heterocycles. The lowest BCUT2D eigenvalue weighted by atomic mass is 10.1. The number of carbonyl (C=O) groups is 1. The van der Waals surface area contributed by atoms with Crippen molar-refractivity contribution in [1.29, 1.82) is 0 Å². The summed E-state index contributed by atoms with van der Waals surface area (Å²) >= 11 is 0. The fourth-order valence-corrected chi connectivity index (χ4v) is 3.43. The first-order valence-electron chi connectivity index (χ1n) is 9.33. The van der Waals surface area contributed by atoms with E-state index in [0.29, 0.717) is 5.56 Å². The molecule has 2 aromatic rings. The summed E-state index contributed by atoms with van der Waals surface area (Å²) in [6.45, 7) is 8.08. The maximum atomic E-state index is 12.7. The minimum absolute atomic E-state index is 0. The van der Waals surface area contributed by atoms with E-state index in [0.717, 1.165) is 44.0 Å². The van der Waals surface area contributed by atoms with E-state index in [-0.39, 0.29) is 18.3 Å². The molecule has 1 aliphatic heterocycles. The molecule has 0 spiro atoms. The molecule has 0 atom stereocenters. The zero-order valence-corrected chi connectivity index (χ0v) is 16.5. The number of amides is 1. The van der Waals surface area contributed by atoms with Gasteiger partial charge in [0.15, 0.2) is 0 Å². The fraction of sp³-hybridized carbons (Fsp3) is 0.500. The van der Waals surface area contributed by atoms with Crippen LogP contribution in [0.15, 0.2) is 30.5 Å².